The van der Waals surface area contributed by atoms with E-state index in [1.807, 2.05) is 6.92 Å². The minimum absolute atomic E-state index is 0.0155. The van der Waals surface area contributed by atoms with Crippen molar-refractivity contribution >= 4 is 17.7 Å². The Kier molecular flexibility index (Phi) is 4.57. The van der Waals surface area contributed by atoms with E-state index in [4.69, 9.17) is 9.84 Å². The highest BCUT2D eigenvalue weighted by Crippen LogP contribution is 2.18. The number of carbonyl (C=O) groups is 1. The van der Waals surface area contributed by atoms with Gasteiger partial charge in [0.05, 0.1) is 18.4 Å². The highest BCUT2D eigenvalue weighted by molar-refractivity contribution is 7.99. The maximum Gasteiger partial charge on any atom is 0.313 e. The van der Waals surface area contributed by atoms with Crippen LogP contribution in [-0.2, 0) is 9.53 Å². The monoisotopic (exact) mass is 231 g/mol. The van der Waals surface area contributed by atoms with Crippen LogP contribution in [0.1, 0.15) is 13.0 Å². The zero-order chi connectivity index (χ0) is 11.3. The molecule has 1 atom stereocenters. The summed E-state index contributed by atoms with van der Waals surface area (Å²) in [5, 5.41) is 16.7. The number of aliphatic carboxylic acids is 1. The van der Waals surface area contributed by atoms with Gasteiger partial charge >= 0.3 is 5.97 Å². The highest BCUT2D eigenvalue weighted by atomic mass is 32.2. The van der Waals surface area contributed by atoms with Gasteiger partial charge in [-0.2, -0.15) is 0 Å². The van der Waals surface area contributed by atoms with E-state index in [1.54, 1.807) is 18.0 Å². The predicted molar refractivity (Wildman–Crippen MR) is 55.0 cm³/mol. The molecule has 0 radical (unpaired) electrons. The number of rotatable bonds is 6. The van der Waals surface area contributed by atoms with Crippen LogP contribution >= 0.6 is 11.8 Å². The molecular formula is C8H13N3O3S. The molecule has 1 N–H and O–H groups in total. The summed E-state index contributed by atoms with van der Waals surface area (Å²) >= 11 is 1.15. The second-order valence-electron chi connectivity index (χ2n) is 3.01. The van der Waals surface area contributed by atoms with Gasteiger partial charge in [0.25, 0.3) is 0 Å². The average molecular weight is 231 g/mol. The molecule has 0 aliphatic carbocycles. The summed E-state index contributed by atoms with van der Waals surface area (Å²) in [4.78, 5) is 10.4. The first-order valence-corrected chi connectivity index (χ1v) is 5.36. The number of hydrogen-bond acceptors (Lipinski definition) is 5. The van der Waals surface area contributed by atoms with Gasteiger partial charge in [-0.05, 0) is 6.92 Å². The van der Waals surface area contributed by atoms with Crippen molar-refractivity contribution in [1.82, 2.24) is 14.8 Å². The van der Waals surface area contributed by atoms with Crippen LogP contribution < -0.4 is 0 Å². The fourth-order valence-corrected chi connectivity index (χ4v) is 1.82. The van der Waals surface area contributed by atoms with Gasteiger partial charge in [-0.1, -0.05) is 11.8 Å². The van der Waals surface area contributed by atoms with E-state index in [9.17, 15) is 4.79 Å². The Morgan fingerprint density at radius 3 is 3.13 bits per heavy atom. The molecule has 84 valence electrons. The number of carboxylic acid groups (broad SMARTS) is 1. The molecule has 1 heterocycles. The van der Waals surface area contributed by atoms with Gasteiger partial charge in [0.1, 0.15) is 6.33 Å². The minimum atomic E-state index is -0.867. The molecule has 1 rings (SSSR count). The molecule has 0 aliphatic heterocycles. The van der Waals surface area contributed by atoms with E-state index in [-0.39, 0.29) is 11.8 Å². The number of carboxylic acids is 1. The van der Waals surface area contributed by atoms with Crippen LogP contribution in [0.15, 0.2) is 11.5 Å². The topological polar surface area (TPSA) is 77.2 Å². The van der Waals surface area contributed by atoms with Crippen LogP contribution in [-0.4, -0.2) is 45.3 Å². The van der Waals surface area contributed by atoms with Gasteiger partial charge in [-0.15, -0.1) is 10.2 Å². The zero-order valence-electron chi connectivity index (χ0n) is 8.58. The summed E-state index contributed by atoms with van der Waals surface area (Å²) in [5.41, 5.74) is 0. The molecule has 1 aromatic heterocycles. The van der Waals surface area contributed by atoms with E-state index in [0.717, 1.165) is 11.8 Å². The van der Waals surface area contributed by atoms with Crippen LogP contribution in [0.2, 0.25) is 0 Å². The Hall–Kier alpha value is -1.08. The van der Waals surface area contributed by atoms with Gasteiger partial charge in [-0.3, -0.25) is 4.79 Å². The fraction of sp³-hybridized carbons (Fsp3) is 0.625. The highest BCUT2D eigenvalue weighted by Gasteiger charge is 2.12. The SMILES string of the molecule is COCC(C)n1cnnc1SCC(=O)O. The first kappa shape index (κ1) is 12.0. The van der Waals surface area contributed by atoms with Crippen molar-refractivity contribution < 1.29 is 14.6 Å². The van der Waals surface area contributed by atoms with E-state index in [2.05, 4.69) is 10.2 Å². The molecule has 15 heavy (non-hydrogen) atoms. The van der Waals surface area contributed by atoms with Crippen molar-refractivity contribution in [2.75, 3.05) is 19.5 Å². The number of methoxy groups -OCH3 is 1. The van der Waals surface area contributed by atoms with E-state index in [1.165, 1.54) is 0 Å². The lowest BCUT2D eigenvalue weighted by Crippen LogP contribution is -2.12. The summed E-state index contributed by atoms with van der Waals surface area (Å²) in [6, 6.07) is 0.0984. The Morgan fingerprint density at radius 1 is 1.80 bits per heavy atom. The molecule has 0 saturated heterocycles. The molecular weight excluding hydrogens is 218 g/mol. The maximum atomic E-state index is 10.4. The lowest BCUT2D eigenvalue weighted by Gasteiger charge is -2.13. The largest absolute Gasteiger partial charge is 0.481 e. The summed E-state index contributed by atoms with van der Waals surface area (Å²) in [5.74, 6) is -0.882. The first-order valence-electron chi connectivity index (χ1n) is 4.38. The maximum absolute atomic E-state index is 10.4. The molecule has 7 heteroatoms. The normalized spacial score (nSPS) is 12.7. The van der Waals surface area contributed by atoms with Crippen molar-refractivity contribution in [1.29, 1.82) is 0 Å². The van der Waals surface area contributed by atoms with Gasteiger partial charge in [0.2, 0.25) is 0 Å². The minimum Gasteiger partial charge on any atom is -0.481 e. The molecule has 6 nitrogen and oxygen atoms in total. The quantitative estimate of drug-likeness (QED) is 0.725. The van der Waals surface area contributed by atoms with Crippen molar-refractivity contribution in [2.45, 2.75) is 18.1 Å². The second-order valence-corrected chi connectivity index (χ2v) is 3.95. The molecule has 1 aromatic rings. The second kappa shape index (κ2) is 5.72. The third kappa shape index (κ3) is 3.52. The van der Waals surface area contributed by atoms with E-state index < -0.39 is 5.97 Å². The van der Waals surface area contributed by atoms with Crippen molar-refractivity contribution in [3.63, 3.8) is 0 Å². The zero-order valence-corrected chi connectivity index (χ0v) is 9.40. The molecule has 0 saturated carbocycles. The number of hydrogen-bond donors (Lipinski definition) is 1. The third-order valence-electron chi connectivity index (χ3n) is 1.75. The summed E-state index contributed by atoms with van der Waals surface area (Å²) in [6.07, 6.45) is 1.58. The third-order valence-corrected chi connectivity index (χ3v) is 2.69. The van der Waals surface area contributed by atoms with Crippen LogP contribution in [0.4, 0.5) is 0 Å². The molecule has 0 fully saturated rings. The van der Waals surface area contributed by atoms with Crippen LogP contribution in [0, 0.1) is 0 Å². The molecule has 0 amide bonds. The summed E-state index contributed by atoms with van der Waals surface area (Å²) < 4.78 is 6.81. The van der Waals surface area contributed by atoms with E-state index in [0.29, 0.717) is 11.8 Å². The molecule has 0 spiro atoms. The summed E-state index contributed by atoms with van der Waals surface area (Å²) in [6.45, 7) is 2.50. The number of thioether (sulfide) groups is 1. The fourth-order valence-electron chi connectivity index (χ4n) is 1.09. The molecule has 0 aliphatic rings. The van der Waals surface area contributed by atoms with Crippen LogP contribution in [0.3, 0.4) is 0 Å². The Balaban J connectivity index is 2.64. The Morgan fingerprint density at radius 2 is 2.53 bits per heavy atom. The molecule has 0 bridgehead atoms. The number of aromatic nitrogens is 3. The van der Waals surface area contributed by atoms with E-state index >= 15 is 0 Å². The molecule has 1 unspecified atom stereocenters. The molecule has 0 aromatic carbocycles. The average Bonchev–Trinajstić information content (AvgIpc) is 2.62. The van der Waals surface area contributed by atoms with Gasteiger partial charge in [-0.25, -0.2) is 0 Å². The van der Waals surface area contributed by atoms with Crippen molar-refractivity contribution in [2.24, 2.45) is 0 Å². The lowest BCUT2D eigenvalue weighted by atomic mass is 10.4. The lowest BCUT2D eigenvalue weighted by molar-refractivity contribution is -0.133. The van der Waals surface area contributed by atoms with Crippen molar-refractivity contribution in [3.05, 3.63) is 6.33 Å². The Labute approximate surface area is 91.6 Å². The summed E-state index contributed by atoms with van der Waals surface area (Å²) in [7, 11) is 1.62. The van der Waals surface area contributed by atoms with Gasteiger partial charge in [0.15, 0.2) is 5.16 Å². The smallest absolute Gasteiger partial charge is 0.313 e. The van der Waals surface area contributed by atoms with Crippen LogP contribution in [0.25, 0.3) is 0 Å². The number of ether oxygens (including phenoxy) is 1. The van der Waals surface area contributed by atoms with Gasteiger partial charge in [0, 0.05) is 7.11 Å². The van der Waals surface area contributed by atoms with Gasteiger partial charge < -0.3 is 14.4 Å². The standard InChI is InChI=1S/C8H13N3O3S/c1-6(3-14-2)11-5-9-10-8(11)15-4-7(12)13/h5-6H,3-4H2,1-2H3,(H,12,13). The number of nitrogens with zero attached hydrogens (tertiary/aromatic N) is 3. The van der Waals surface area contributed by atoms with Crippen molar-refractivity contribution in [3.8, 4) is 0 Å². The predicted octanol–water partition coefficient (Wildman–Crippen LogP) is 0.662. The van der Waals surface area contributed by atoms with Crippen LogP contribution in [0.5, 0.6) is 0 Å². The Bertz CT molecular complexity index is 329. The first-order chi connectivity index (χ1) is 7.15.